The van der Waals surface area contributed by atoms with Crippen LogP contribution in [0.15, 0.2) is 47.6 Å². The van der Waals surface area contributed by atoms with Gasteiger partial charge in [0.1, 0.15) is 6.61 Å². The lowest BCUT2D eigenvalue weighted by atomic mass is 10.1. The molecule has 1 aromatic heterocycles. The van der Waals surface area contributed by atoms with E-state index in [0.717, 1.165) is 23.3 Å². The molecule has 9 heteroatoms. The van der Waals surface area contributed by atoms with Crippen LogP contribution in [0.3, 0.4) is 0 Å². The first-order chi connectivity index (χ1) is 14.4. The summed E-state index contributed by atoms with van der Waals surface area (Å²) in [6.07, 6.45) is -2.09. The highest BCUT2D eigenvalue weighted by atomic mass is 19.4. The van der Waals surface area contributed by atoms with Gasteiger partial charge in [0, 0.05) is 32.0 Å². The summed E-state index contributed by atoms with van der Waals surface area (Å²) in [7, 11) is 1.60. The van der Waals surface area contributed by atoms with Gasteiger partial charge in [-0.2, -0.15) is 13.2 Å². The maximum absolute atomic E-state index is 12.6. The summed E-state index contributed by atoms with van der Waals surface area (Å²) in [5.41, 5.74) is 1.01. The molecule has 0 atom stereocenters. The second-order valence-corrected chi connectivity index (χ2v) is 6.38. The van der Waals surface area contributed by atoms with Crippen LogP contribution in [0.1, 0.15) is 23.6 Å². The van der Waals surface area contributed by atoms with Crippen molar-refractivity contribution in [2.24, 2.45) is 4.99 Å². The van der Waals surface area contributed by atoms with Gasteiger partial charge in [0.15, 0.2) is 5.96 Å². The molecule has 1 aromatic carbocycles. The lowest BCUT2D eigenvalue weighted by Crippen LogP contribution is -2.38. The first-order valence-electron chi connectivity index (χ1n) is 9.68. The quantitative estimate of drug-likeness (QED) is 0.348. The topological polar surface area (TPSA) is 67.8 Å². The Morgan fingerprint density at radius 1 is 1.10 bits per heavy atom. The Bertz CT molecular complexity index is 796. The molecule has 0 aliphatic heterocycles. The van der Waals surface area contributed by atoms with Crippen molar-refractivity contribution in [2.75, 3.05) is 33.4 Å². The van der Waals surface area contributed by atoms with E-state index in [9.17, 15) is 13.2 Å². The van der Waals surface area contributed by atoms with Crippen molar-refractivity contribution < 1.29 is 22.6 Å². The third-order valence-corrected chi connectivity index (χ3v) is 4.12. The average molecular weight is 424 g/mol. The van der Waals surface area contributed by atoms with Crippen molar-refractivity contribution in [3.05, 3.63) is 59.3 Å². The number of rotatable bonds is 10. The molecule has 0 saturated carbocycles. The second kappa shape index (κ2) is 12.0. The molecule has 0 aliphatic carbocycles. The number of nitrogens with one attached hydrogen (secondary N) is 2. The lowest BCUT2D eigenvalue weighted by Gasteiger charge is -2.13. The second-order valence-electron chi connectivity index (χ2n) is 6.38. The predicted molar refractivity (Wildman–Crippen MR) is 110 cm³/mol. The van der Waals surface area contributed by atoms with Crippen LogP contribution in [0.25, 0.3) is 0 Å². The summed E-state index contributed by atoms with van der Waals surface area (Å²) in [6.45, 7) is 4.39. The van der Waals surface area contributed by atoms with Gasteiger partial charge in [-0.25, -0.2) is 9.98 Å². The van der Waals surface area contributed by atoms with Gasteiger partial charge in [-0.15, -0.1) is 0 Å². The van der Waals surface area contributed by atoms with Gasteiger partial charge in [0.25, 0.3) is 0 Å². The van der Waals surface area contributed by atoms with E-state index in [0.29, 0.717) is 51.1 Å². The highest BCUT2D eigenvalue weighted by Gasteiger charge is 2.29. The van der Waals surface area contributed by atoms with Crippen LogP contribution >= 0.6 is 0 Å². The third kappa shape index (κ3) is 7.90. The Balaban J connectivity index is 1.92. The summed E-state index contributed by atoms with van der Waals surface area (Å²) in [4.78, 5) is 8.78. The van der Waals surface area contributed by atoms with Crippen LogP contribution in [0, 0.1) is 0 Å². The third-order valence-electron chi connectivity index (χ3n) is 4.12. The molecule has 1 heterocycles. The minimum atomic E-state index is -4.32. The van der Waals surface area contributed by atoms with Gasteiger partial charge in [-0.1, -0.05) is 18.2 Å². The highest BCUT2D eigenvalue weighted by Crippen LogP contribution is 2.29. The number of nitrogens with zero attached hydrogens (tertiary/aromatic N) is 2. The van der Waals surface area contributed by atoms with E-state index in [-0.39, 0.29) is 0 Å². The van der Waals surface area contributed by atoms with Crippen molar-refractivity contribution >= 4 is 5.96 Å². The first kappa shape index (κ1) is 23.5. The summed E-state index contributed by atoms with van der Waals surface area (Å²) >= 11 is 0. The maximum Gasteiger partial charge on any atom is 0.416 e. The van der Waals surface area contributed by atoms with Gasteiger partial charge in [-0.3, -0.25) is 0 Å². The fourth-order valence-electron chi connectivity index (χ4n) is 2.59. The Kier molecular flexibility index (Phi) is 9.40. The van der Waals surface area contributed by atoms with Crippen LogP contribution in [0.5, 0.6) is 5.88 Å². The highest BCUT2D eigenvalue weighted by molar-refractivity contribution is 5.79. The summed E-state index contributed by atoms with van der Waals surface area (Å²) in [5, 5.41) is 6.34. The van der Waals surface area contributed by atoms with Gasteiger partial charge in [0.2, 0.25) is 5.88 Å². The number of alkyl halides is 3. The predicted octanol–water partition coefficient (Wildman–Crippen LogP) is 3.42. The number of ether oxygens (including phenoxy) is 2. The fourth-order valence-corrected chi connectivity index (χ4v) is 2.59. The molecule has 30 heavy (non-hydrogen) atoms. The van der Waals surface area contributed by atoms with Crippen molar-refractivity contribution in [1.82, 2.24) is 15.6 Å². The molecule has 2 rings (SSSR count). The largest absolute Gasteiger partial charge is 0.475 e. The first-order valence-corrected chi connectivity index (χ1v) is 9.68. The Hall–Kier alpha value is -2.81. The van der Waals surface area contributed by atoms with Crippen molar-refractivity contribution in [3.63, 3.8) is 0 Å². The van der Waals surface area contributed by atoms with E-state index in [1.54, 1.807) is 13.3 Å². The molecule has 6 nitrogen and oxygen atoms in total. The van der Waals surface area contributed by atoms with E-state index in [4.69, 9.17) is 9.47 Å². The minimum Gasteiger partial charge on any atom is -0.475 e. The van der Waals surface area contributed by atoms with Crippen LogP contribution in [0.4, 0.5) is 13.2 Å². The number of methoxy groups -OCH3 is 1. The number of guanidine groups is 1. The number of benzene rings is 1. The van der Waals surface area contributed by atoms with Crippen molar-refractivity contribution in [2.45, 2.75) is 26.1 Å². The standard InChI is InChI=1S/C21H27F3N4O2/c1-3-25-20(27-12-10-16-6-8-18(9-7-16)21(22,23)24)28-15-17-5-4-11-26-19(17)30-14-13-29-2/h4-9,11H,3,10,12-15H2,1-2H3,(H2,25,27,28). The molecule has 0 aliphatic rings. The van der Waals surface area contributed by atoms with Gasteiger partial charge in [-0.05, 0) is 37.1 Å². The van der Waals surface area contributed by atoms with Gasteiger partial charge < -0.3 is 20.1 Å². The number of aromatic nitrogens is 1. The van der Waals surface area contributed by atoms with Crippen LogP contribution in [-0.2, 0) is 23.9 Å². The molecule has 0 unspecified atom stereocenters. The molecule has 0 spiro atoms. The van der Waals surface area contributed by atoms with Crippen molar-refractivity contribution in [1.29, 1.82) is 0 Å². The molecule has 2 N–H and O–H groups in total. The van der Waals surface area contributed by atoms with E-state index in [1.165, 1.54) is 12.1 Å². The van der Waals surface area contributed by atoms with Gasteiger partial charge >= 0.3 is 6.18 Å². The van der Waals surface area contributed by atoms with E-state index in [2.05, 4.69) is 20.6 Å². The summed E-state index contributed by atoms with van der Waals surface area (Å²) in [5.74, 6) is 1.12. The van der Waals surface area contributed by atoms with Crippen LogP contribution in [-0.4, -0.2) is 44.4 Å². The van der Waals surface area contributed by atoms with Crippen LogP contribution < -0.4 is 15.4 Å². The van der Waals surface area contributed by atoms with E-state index < -0.39 is 11.7 Å². The zero-order chi connectivity index (χ0) is 21.8. The molecule has 0 amide bonds. The maximum atomic E-state index is 12.6. The zero-order valence-corrected chi connectivity index (χ0v) is 17.1. The molecule has 0 radical (unpaired) electrons. The number of aliphatic imine (C=N–C) groups is 1. The molecule has 0 saturated heterocycles. The molecule has 0 fully saturated rings. The molecular weight excluding hydrogens is 397 g/mol. The fraction of sp³-hybridized carbons (Fsp3) is 0.429. The smallest absolute Gasteiger partial charge is 0.416 e. The number of hydrogen-bond acceptors (Lipinski definition) is 4. The molecule has 2 aromatic rings. The SMILES string of the molecule is CCNC(=NCc1cccnc1OCCOC)NCCc1ccc(C(F)(F)F)cc1. The Morgan fingerprint density at radius 3 is 2.53 bits per heavy atom. The summed E-state index contributed by atoms with van der Waals surface area (Å²) in [6, 6.07) is 8.90. The number of hydrogen-bond donors (Lipinski definition) is 2. The van der Waals surface area contributed by atoms with Crippen LogP contribution in [0.2, 0.25) is 0 Å². The number of halogens is 3. The normalized spacial score (nSPS) is 12.0. The number of pyridine rings is 1. The Labute approximate surface area is 174 Å². The monoisotopic (exact) mass is 424 g/mol. The molecule has 0 bridgehead atoms. The molecular formula is C21H27F3N4O2. The van der Waals surface area contributed by atoms with Gasteiger partial charge in [0.05, 0.1) is 18.7 Å². The van der Waals surface area contributed by atoms with E-state index >= 15 is 0 Å². The molecule has 164 valence electrons. The average Bonchev–Trinajstić information content (AvgIpc) is 2.73. The summed E-state index contributed by atoms with van der Waals surface area (Å²) < 4.78 is 48.5. The lowest BCUT2D eigenvalue weighted by molar-refractivity contribution is -0.137. The van der Waals surface area contributed by atoms with E-state index in [1.807, 2.05) is 19.1 Å². The minimum absolute atomic E-state index is 0.367. The Morgan fingerprint density at radius 2 is 1.87 bits per heavy atom. The van der Waals surface area contributed by atoms with Crippen molar-refractivity contribution in [3.8, 4) is 5.88 Å². The zero-order valence-electron chi connectivity index (χ0n) is 17.1.